The van der Waals surface area contributed by atoms with Crippen LogP contribution in [0.15, 0.2) is 42.6 Å². The summed E-state index contributed by atoms with van der Waals surface area (Å²) in [5.41, 5.74) is 3.06. The van der Waals surface area contributed by atoms with Gasteiger partial charge in [-0.2, -0.15) is 0 Å². The Morgan fingerprint density at radius 3 is 2.27 bits per heavy atom. The minimum Gasteiger partial charge on any atom is -0.374 e. The molecular weight excluding hydrogens is 300 g/mol. The monoisotopic (exact) mass is 320 g/mol. The van der Waals surface area contributed by atoms with Crippen molar-refractivity contribution in [1.29, 1.82) is 0 Å². The van der Waals surface area contributed by atoms with E-state index < -0.39 is 10.0 Å². The Morgan fingerprint density at radius 1 is 1.14 bits per heavy atom. The molecule has 118 valence electrons. The lowest BCUT2D eigenvalue weighted by molar-refractivity contribution is 0.0764. The molecule has 0 saturated heterocycles. The fourth-order valence-electron chi connectivity index (χ4n) is 2.11. The van der Waals surface area contributed by atoms with Gasteiger partial charge in [0.1, 0.15) is 5.82 Å². The smallest absolute Gasteiger partial charge is 0.230 e. The molecule has 2 aromatic rings. The first kappa shape index (κ1) is 16.5. The molecule has 1 N–H and O–H groups in total. The van der Waals surface area contributed by atoms with Crippen LogP contribution in [0, 0.1) is 0 Å². The lowest BCUT2D eigenvalue weighted by Gasteiger charge is -2.12. The predicted octanol–water partition coefficient (Wildman–Crippen LogP) is 3.22. The molecule has 1 unspecified atom stereocenters. The fourth-order valence-corrected chi connectivity index (χ4v) is 2.61. The molecule has 0 amide bonds. The quantitative estimate of drug-likeness (QED) is 0.887. The van der Waals surface area contributed by atoms with Gasteiger partial charge in [0.15, 0.2) is 0 Å². The molecule has 1 atom stereocenters. The van der Waals surface area contributed by atoms with Crippen LogP contribution in [0.4, 0.5) is 5.82 Å². The maximum atomic E-state index is 11.1. The topological polar surface area (TPSA) is 68.3 Å². The lowest BCUT2D eigenvalue weighted by atomic mass is 10.0. The number of ether oxygens (including phenoxy) is 1. The van der Waals surface area contributed by atoms with Crippen molar-refractivity contribution in [3.05, 3.63) is 48.2 Å². The maximum absolute atomic E-state index is 11.1. The van der Waals surface area contributed by atoms with Gasteiger partial charge < -0.3 is 4.74 Å². The third-order valence-electron chi connectivity index (χ3n) is 3.18. The largest absolute Gasteiger partial charge is 0.374 e. The van der Waals surface area contributed by atoms with Gasteiger partial charge in [-0.15, -0.1) is 0 Å². The van der Waals surface area contributed by atoms with Gasteiger partial charge in [-0.3, -0.25) is 4.72 Å². The maximum Gasteiger partial charge on any atom is 0.230 e. The molecule has 0 saturated carbocycles. The fraction of sp³-hybridized carbons (Fsp3) is 0.312. The van der Waals surface area contributed by atoms with Crippen LogP contribution >= 0.6 is 0 Å². The second-order valence-corrected chi connectivity index (χ2v) is 6.77. The number of rotatable bonds is 6. The summed E-state index contributed by atoms with van der Waals surface area (Å²) in [6.45, 7) is 4.68. The van der Waals surface area contributed by atoms with E-state index in [1.165, 1.54) is 0 Å². The van der Waals surface area contributed by atoms with E-state index in [9.17, 15) is 8.42 Å². The Morgan fingerprint density at radius 2 is 1.77 bits per heavy atom. The molecule has 2 rings (SSSR count). The first-order chi connectivity index (χ1) is 10.4. The van der Waals surface area contributed by atoms with Crippen molar-refractivity contribution >= 4 is 15.8 Å². The normalized spacial score (nSPS) is 12.9. The van der Waals surface area contributed by atoms with Crippen molar-refractivity contribution in [3.8, 4) is 11.1 Å². The molecule has 0 fully saturated rings. The van der Waals surface area contributed by atoms with E-state index in [1.807, 2.05) is 44.2 Å². The number of pyridine rings is 1. The molecule has 1 aromatic carbocycles. The average Bonchev–Trinajstić information content (AvgIpc) is 2.47. The van der Waals surface area contributed by atoms with E-state index in [-0.39, 0.29) is 6.10 Å². The van der Waals surface area contributed by atoms with E-state index in [0.29, 0.717) is 12.4 Å². The van der Waals surface area contributed by atoms with E-state index in [4.69, 9.17) is 4.74 Å². The van der Waals surface area contributed by atoms with Crippen molar-refractivity contribution in [1.82, 2.24) is 4.98 Å². The zero-order valence-electron chi connectivity index (χ0n) is 12.9. The zero-order chi connectivity index (χ0) is 16.2. The summed E-state index contributed by atoms with van der Waals surface area (Å²) in [6, 6.07) is 11.5. The van der Waals surface area contributed by atoms with Gasteiger partial charge in [0.25, 0.3) is 0 Å². The Balaban J connectivity index is 2.15. The van der Waals surface area contributed by atoms with Gasteiger partial charge in [-0.1, -0.05) is 24.3 Å². The van der Waals surface area contributed by atoms with E-state index >= 15 is 0 Å². The van der Waals surface area contributed by atoms with Crippen molar-refractivity contribution in [2.75, 3.05) is 17.6 Å². The Kier molecular flexibility index (Phi) is 5.15. The van der Waals surface area contributed by atoms with Crippen LogP contribution in [-0.2, 0) is 14.8 Å². The summed E-state index contributed by atoms with van der Waals surface area (Å²) in [5.74, 6) is 0.313. The number of nitrogens with one attached hydrogen (secondary N) is 1. The minimum absolute atomic E-state index is 0.0681. The molecular formula is C16H20N2O3S. The van der Waals surface area contributed by atoms with Crippen LogP contribution < -0.4 is 4.72 Å². The summed E-state index contributed by atoms with van der Waals surface area (Å²) >= 11 is 0. The molecule has 1 heterocycles. The number of hydrogen-bond acceptors (Lipinski definition) is 4. The molecule has 0 spiro atoms. The van der Waals surface area contributed by atoms with Crippen molar-refractivity contribution in [3.63, 3.8) is 0 Å². The first-order valence-electron chi connectivity index (χ1n) is 7.05. The van der Waals surface area contributed by atoms with Crippen LogP contribution in [0.25, 0.3) is 11.1 Å². The van der Waals surface area contributed by atoms with Gasteiger partial charge in [-0.25, -0.2) is 13.4 Å². The van der Waals surface area contributed by atoms with E-state index in [2.05, 4.69) is 9.71 Å². The SMILES string of the molecule is CCOC(C)c1ccc(-c2ccc(NS(C)(=O)=O)nc2)cc1. The zero-order valence-corrected chi connectivity index (χ0v) is 13.7. The number of benzene rings is 1. The van der Waals surface area contributed by atoms with Gasteiger partial charge in [0.2, 0.25) is 10.0 Å². The van der Waals surface area contributed by atoms with E-state index in [0.717, 1.165) is 22.9 Å². The second kappa shape index (κ2) is 6.89. The molecule has 5 nitrogen and oxygen atoms in total. The highest BCUT2D eigenvalue weighted by atomic mass is 32.2. The standard InChI is InChI=1S/C16H20N2O3S/c1-4-21-12(2)13-5-7-14(8-6-13)15-9-10-16(17-11-15)18-22(3,19)20/h5-12H,4H2,1-3H3,(H,17,18). The molecule has 0 aliphatic heterocycles. The third kappa shape index (κ3) is 4.54. The highest BCUT2D eigenvalue weighted by Gasteiger charge is 2.06. The lowest BCUT2D eigenvalue weighted by Crippen LogP contribution is -2.10. The van der Waals surface area contributed by atoms with Gasteiger partial charge >= 0.3 is 0 Å². The molecule has 6 heteroatoms. The molecule has 0 aliphatic rings. The predicted molar refractivity (Wildman–Crippen MR) is 88.2 cm³/mol. The molecule has 0 bridgehead atoms. The van der Waals surface area contributed by atoms with Crippen LogP contribution in [-0.4, -0.2) is 26.3 Å². The summed E-state index contributed by atoms with van der Waals surface area (Å²) in [7, 11) is -3.30. The number of hydrogen-bond donors (Lipinski definition) is 1. The molecule has 22 heavy (non-hydrogen) atoms. The Hall–Kier alpha value is -1.92. The number of sulfonamides is 1. The van der Waals surface area contributed by atoms with Crippen molar-refractivity contribution in [2.24, 2.45) is 0 Å². The second-order valence-electron chi connectivity index (χ2n) is 5.03. The van der Waals surface area contributed by atoms with Gasteiger partial charge in [-0.05, 0) is 37.1 Å². The minimum atomic E-state index is -3.30. The highest BCUT2D eigenvalue weighted by molar-refractivity contribution is 7.92. The third-order valence-corrected chi connectivity index (χ3v) is 3.76. The number of aromatic nitrogens is 1. The van der Waals surface area contributed by atoms with Gasteiger partial charge in [0.05, 0.1) is 12.4 Å². The first-order valence-corrected chi connectivity index (χ1v) is 8.94. The Labute approximate surface area is 131 Å². The van der Waals surface area contributed by atoms with Crippen LogP contribution in [0.5, 0.6) is 0 Å². The summed E-state index contributed by atoms with van der Waals surface area (Å²) in [5, 5.41) is 0. The molecule has 1 aromatic heterocycles. The number of nitrogens with zero attached hydrogens (tertiary/aromatic N) is 1. The number of anilines is 1. The molecule has 0 radical (unpaired) electrons. The van der Waals surface area contributed by atoms with Crippen LogP contribution in [0.3, 0.4) is 0 Å². The van der Waals surface area contributed by atoms with E-state index in [1.54, 1.807) is 12.3 Å². The van der Waals surface area contributed by atoms with Gasteiger partial charge in [0, 0.05) is 18.4 Å². The average molecular weight is 320 g/mol. The summed E-state index contributed by atoms with van der Waals surface area (Å²) < 4.78 is 30.2. The Bertz CT molecular complexity index is 710. The highest BCUT2D eigenvalue weighted by Crippen LogP contribution is 2.23. The summed E-state index contributed by atoms with van der Waals surface area (Å²) in [4.78, 5) is 4.11. The van der Waals surface area contributed by atoms with Crippen LogP contribution in [0.2, 0.25) is 0 Å². The summed E-state index contributed by atoms with van der Waals surface area (Å²) in [6.07, 6.45) is 2.81. The van der Waals surface area contributed by atoms with Crippen molar-refractivity contribution in [2.45, 2.75) is 20.0 Å². The van der Waals surface area contributed by atoms with Crippen LogP contribution in [0.1, 0.15) is 25.5 Å². The van der Waals surface area contributed by atoms with Crippen molar-refractivity contribution < 1.29 is 13.2 Å². The molecule has 0 aliphatic carbocycles.